The number of aromatic nitrogens is 2. The molecule has 0 aromatic carbocycles. The van der Waals surface area contributed by atoms with Gasteiger partial charge in [-0.1, -0.05) is 20.8 Å². The number of methoxy groups -OCH3 is 1. The molecule has 1 aromatic heterocycles. The summed E-state index contributed by atoms with van der Waals surface area (Å²) in [6, 6.07) is 2.00. The summed E-state index contributed by atoms with van der Waals surface area (Å²) in [6.07, 6.45) is 0. The van der Waals surface area contributed by atoms with Crippen LogP contribution in [0.2, 0.25) is 0 Å². The average molecular weight is 182 g/mol. The van der Waals surface area contributed by atoms with Crippen molar-refractivity contribution in [2.75, 3.05) is 7.11 Å². The van der Waals surface area contributed by atoms with Gasteiger partial charge >= 0.3 is 0 Å². The van der Waals surface area contributed by atoms with Crippen LogP contribution in [-0.4, -0.2) is 16.9 Å². The molecule has 0 spiro atoms. The second-order valence-corrected chi connectivity index (χ2v) is 4.14. The average Bonchev–Trinajstić information content (AvgIpc) is 2.46. The van der Waals surface area contributed by atoms with E-state index in [1.54, 1.807) is 7.11 Å². The molecule has 1 heterocycles. The lowest BCUT2D eigenvalue weighted by atomic mass is 9.92. The van der Waals surface area contributed by atoms with E-state index in [0.29, 0.717) is 5.88 Å². The van der Waals surface area contributed by atoms with Gasteiger partial charge in [-0.2, -0.15) is 0 Å². The van der Waals surface area contributed by atoms with Gasteiger partial charge in [0.1, 0.15) is 0 Å². The maximum Gasteiger partial charge on any atom is 0.232 e. The zero-order chi connectivity index (χ0) is 10.1. The van der Waals surface area contributed by atoms with Crippen LogP contribution in [0.4, 0.5) is 0 Å². The Kier molecular flexibility index (Phi) is 2.64. The van der Waals surface area contributed by atoms with E-state index in [4.69, 9.17) is 4.74 Å². The van der Waals surface area contributed by atoms with Gasteiger partial charge in [0.2, 0.25) is 5.88 Å². The van der Waals surface area contributed by atoms with Gasteiger partial charge in [0.15, 0.2) is 0 Å². The van der Waals surface area contributed by atoms with E-state index in [-0.39, 0.29) is 5.41 Å². The Morgan fingerprint density at radius 1 is 1.46 bits per heavy atom. The molecule has 0 aliphatic carbocycles. The van der Waals surface area contributed by atoms with E-state index in [1.807, 2.05) is 10.7 Å². The first-order chi connectivity index (χ1) is 5.99. The van der Waals surface area contributed by atoms with Crippen LogP contribution in [0, 0.1) is 0 Å². The molecular formula is C10H18N2O. The van der Waals surface area contributed by atoms with Crippen LogP contribution in [0.5, 0.6) is 5.88 Å². The van der Waals surface area contributed by atoms with E-state index in [9.17, 15) is 0 Å². The highest BCUT2D eigenvalue weighted by molar-refractivity contribution is 5.21. The topological polar surface area (TPSA) is 27.1 Å². The van der Waals surface area contributed by atoms with Crippen LogP contribution < -0.4 is 4.74 Å². The van der Waals surface area contributed by atoms with Crippen molar-refractivity contribution in [1.29, 1.82) is 0 Å². The maximum absolute atomic E-state index is 5.10. The van der Waals surface area contributed by atoms with Crippen LogP contribution in [0.15, 0.2) is 6.07 Å². The molecule has 13 heavy (non-hydrogen) atoms. The molecule has 0 unspecified atom stereocenters. The van der Waals surface area contributed by atoms with E-state index in [1.165, 1.54) is 5.69 Å². The second kappa shape index (κ2) is 3.40. The highest BCUT2D eigenvalue weighted by Gasteiger charge is 2.20. The molecule has 0 aliphatic rings. The fourth-order valence-corrected chi connectivity index (χ4v) is 1.34. The Morgan fingerprint density at radius 2 is 2.08 bits per heavy atom. The van der Waals surface area contributed by atoms with Crippen molar-refractivity contribution in [3.63, 3.8) is 0 Å². The molecule has 0 atom stereocenters. The van der Waals surface area contributed by atoms with E-state index >= 15 is 0 Å². The Labute approximate surface area is 79.7 Å². The monoisotopic (exact) mass is 182 g/mol. The predicted octanol–water partition coefficient (Wildman–Crippen LogP) is 2.21. The van der Waals surface area contributed by atoms with Gasteiger partial charge in [-0.25, -0.2) is 0 Å². The molecule has 0 aliphatic heterocycles. The van der Waals surface area contributed by atoms with Gasteiger partial charge in [-0.05, 0) is 6.92 Å². The normalized spacial score (nSPS) is 11.8. The summed E-state index contributed by atoms with van der Waals surface area (Å²) in [6.45, 7) is 9.50. The molecular weight excluding hydrogens is 164 g/mol. The molecule has 1 aromatic rings. The van der Waals surface area contributed by atoms with Crippen molar-refractivity contribution >= 4 is 0 Å². The third-order valence-electron chi connectivity index (χ3n) is 2.03. The zero-order valence-electron chi connectivity index (χ0n) is 9.09. The lowest BCUT2D eigenvalue weighted by molar-refractivity contribution is 0.388. The molecule has 0 saturated heterocycles. The molecule has 0 fully saturated rings. The smallest absolute Gasteiger partial charge is 0.232 e. The van der Waals surface area contributed by atoms with Gasteiger partial charge in [-0.3, -0.25) is 4.68 Å². The first kappa shape index (κ1) is 10.1. The Hall–Kier alpha value is -0.990. The van der Waals surface area contributed by atoms with Crippen molar-refractivity contribution in [3.05, 3.63) is 11.8 Å². The van der Waals surface area contributed by atoms with E-state index in [0.717, 1.165) is 6.54 Å². The van der Waals surface area contributed by atoms with E-state index < -0.39 is 0 Å². The molecule has 1 rings (SSSR count). The summed E-state index contributed by atoms with van der Waals surface area (Å²) in [5.74, 6) is 0.701. The fourth-order valence-electron chi connectivity index (χ4n) is 1.34. The molecule has 0 N–H and O–H groups in total. The van der Waals surface area contributed by atoms with Gasteiger partial charge < -0.3 is 4.74 Å². The number of nitrogens with zero attached hydrogens (tertiary/aromatic N) is 2. The number of hydrogen-bond donors (Lipinski definition) is 0. The third kappa shape index (κ3) is 2.02. The molecule has 3 heteroatoms. The standard InChI is InChI=1S/C10H18N2O/c1-6-12-8(10(2,3)4)7-9(11-12)13-5/h7H,6H2,1-5H3. The minimum Gasteiger partial charge on any atom is -0.480 e. The van der Waals surface area contributed by atoms with Crippen molar-refractivity contribution in [2.24, 2.45) is 0 Å². The SMILES string of the molecule is CCn1nc(OC)cc1C(C)(C)C. The second-order valence-electron chi connectivity index (χ2n) is 4.14. The number of aryl methyl sites for hydroxylation is 1. The van der Waals surface area contributed by atoms with Gasteiger partial charge in [0.05, 0.1) is 7.11 Å². The van der Waals surface area contributed by atoms with Crippen molar-refractivity contribution in [3.8, 4) is 5.88 Å². The Morgan fingerprint density at radius 3 is 2.38 bits per heavy atom. The number of rotatable bonds is 2. The molecule has 74 valence electrons. The first-order valence-corrected chi connectivity index (χ1v) is 4.61. The highest BCUT2D eigenvalue weighted by atomic mass is 16.5. The van der Waals surface area contributed by atoms with Crippen molar-refractivity contribution in [2.45, 2.75) is 39.7 Å². The Bertz CT molecular complexity index is 284. The minimum atomic E-state index is 0.125. The van der Waals surface area contributed by atoms with Crippen molar-refractivity contribution < 1.29 is 4.74 Å². The number of hydrogen-bond acceptors (Lipinski definition) is 2. The molecule has 0 saturated carbocycles. The first-order valence-electron chi connectivity index (χ1n) is 4.61. The van der Waals surface area contributed by atoms with Gasteiger partial charge in [0.25, 0.3) is 0 Å². The van der Waals surface area contributed by atoms with Crippen LogP contribution in [0.1, 0.15) is 33.4 Å². The maximum atomic E-state index is 5.10. The Balaban J connectivity index is 3.11. The quantitative estimate of drug-likeness (QED) is 0.701. The predicted molar refractivity (Wildman–Crippen MR) is 53.2 cm³/mol. The van der Waals surface area contributed by atoms with Crippen LogP contribution in [0.25, 0.3) is 0 Å². The molecule has 0 bridgehead atoms. The fraction of sp³-hybridized carbons (Fsp3) is 0.700. The lowest BCUT2D eigenvalue weighted by Gasteiger charge is -2.18. The molecule has 0 amide bonds. The van der Waals surface area contributed by atoms with Crippen LogP contribution in [0.3, 0.4) is 0 Å². The summed E-state index contributed by atoms with van der Waals surface area (Å²) >= 11 is 0. The summed E-state index contributed by atoms with van der Waals surface area (Å²) in [5, 5.41) is 4.31. The molecule has 0 radical (unpaired) electrons. The third-order valence-corrected chi connectivity index (χ3v) is 2.03. The summed E-state index contributed by atoms with van der Waals surface area (Å²) in [7, 11) is 1.65. The summed E-state index contributed by atoms with van der Waals surface area (Å²) in [5.41, 5.74) is 1.34. The zero-order valence-corrected chi connectivity index (χ0v) is 9.09. The highest BCUT2D eigenvalue weighted by Crippen LogP contribution is 2.25. The van der Waals surface area contributed by atoms with E-state index in [2.05, 4.69) is 32.8 Å². The lowest BCUT2D eigenvalue weighted by Crippen LogP contribution is -2.17. The largest absolute Gasteiger partial charge is 0.480 e. The van der Waals surface area contributed by atoms with Crippen LogP contribution >= 0.6 is 0 Å². The summed E-state index contributed by atoms with van der Waals surface area (Å²) in [4.78, 5) is 0. The van der Waals surface area contributed by atoms with Gasteiger partial charge in [-0.15, -0.1) is 5.10 Å². The van der Waals surface area contributed by atoms with Gasteiger partial charge in [0, 0.05) is 23.7 Å². The van der Waals surface area contributed by atoms with Crippen LogP contribution in [-0.2, 0) is 12.0 Å². The summed E-state index contributed by atoms with van der Waals surface area (Å²) < 4.78 is 7.09. The number of ether oxygens (including phenoxy) is 1. The molecule has 3 nitrogen and oxygen atoms in total. The van der Waals surface area contributed by atoms with Crippen molar-refractivity contribution in [1.82, 2.24) is 9.78 Å². The minimum absolute atomic E-state index is 0.125.